The molecule has 0 saturated carbocycles. The fraction of sp³-hybridized carbons (Fsp3) is 0.390. The summed E-state index contributed by atoms with van der Waals surface area (Å²) < 4.78 is 7.47. The summed E-state index contributed by atoms with van der Waals surface area (Å²) in [5, 5.41) is 13.0. The molecule has 2 N–H and O–H groups in total. The Balaban J connectivity index is 1.52. The SMILES string of the molecule is CC(C)(C)OC(=O)C(C)(C)ON=C(C(=O)NC1CN([Si](C)(C)C(C)(C)C)C1=O)c1csc(NC(c2ccccc2)(c2ccccc2)c2ccccc2)n1. The van der Waals surface area contributed by atoms with Crippen molar-refractivity contribution in [1.29, 1.82) is 0 Å². The highest BCUT2D eigenvalue weighted by Gasteiger charge is 2.52. The van der Waals surface area contributed by atoms with Crippen molar-refractivity contribution in [2.45, 2.75) is 96.3 Å². The molecule has 2 heterocycles. The molecule has 0 spiro atoms. The van der Waals surface area contributed by atoms with Gasteiger partial charge in [-0.1, -0.05) is 130 Å². The van der Waals surface area contributed by atoms with E-state index >= 15 is 0 Å². The van der Waals surface area contributed by atoms with E-state index in [-0.39, 0.29) is 22.4 Å². The number of nitrogens with zero attached hydrogens (tertiary/aromatic N) is 3. The second-order valence-corrected chi connectivity index (χ2v) is 22.4. The quantitative estimate of drug-likeness (QED) is 0.0380. The zero-order chi connectivity index (χ0) is 38.8. The van der Waals surface area contributed by atoms with Crippen LogP contribution in [0.4, 0.5) is 5.13 Å². The zero-order valence-electron chi connectivity index (χ0n) is 32.3. The van der Waals surface area contributed by atoms with Gasteiger partial charge in [0, 0.05) is 11.9 Å². The minimum atomic E-state index is -2.14. The Kier molecular flexibility index (Phi) is 11.1. The Morgan fingerprint density at radius 3 is 1.75 bits per heavy atom. The second kappa shape index (κ2) is 14.9. The Morgan fingerprint density at radius 2 is 1.32 bits per heavy atom. The number of nitrogens with one attached hydrogen (secondary N) is 2. The van der Waals surface area contributed by atoms with Crippen LogP contribution in [0.2, 0.25) is 18.1 Å². The van der Waals surface area contributed by atoms with Gasteiger partial charge in [0.05, 0.1) is 0 Å². The molecule has 1 aliphatic rings. The van der Waals surface area contributed by atoms with Gasteiger partial charge in [0.2, 0.25) is 11.5 Å². The van der Waals surface area contributed by atoms with Crippen molar-refractivity contribution in [2.75, 3.05) is 11.9 Å². The third-order valence-corrected chi connectivity index (χ3v) is 16.1. The van der Waals surface area contributed by atoms with E-state index in [1.54, 1.807) is 26.2 Å². The van der Waals surface area contributed by atoms with Crippen LogP contribution in [-0.4, -0.2) is 65.1 Å². The summed E-state index contributed by atoms with van der Waals surface area (Å²) in [6, 6.07) is 29.6. The number of benzene rings is 3. The minimum absolute atomic E-state index is 0.0518. The van der Waals surface area contributed by atoms with E-state index in [1.807, 2.05) is 59.2 Å². The molecule has 3 aromatic carbocycles. The van der Waals surface area contributed by atoms with Crippen LogP contribution in [0.25, 0.3) is 0 Å². The number of carbonyl (C=O) groups excluding carboxylic acids is 3. The van der Waals surface area contributed by atoms with Crippen LogP contribution in [0.5, 0.6) is 0 Å². The van der Waals surface area contributed by atoms with E-state index < -0.39 is 42.9 Å². The van der Waals surface area contributed by atoms with Gasteiger partial charge in [-0.05, 0) is 56.3 Å². The van der Waals surface area contributed by atoms with Crippen molar-refractivity contribution < 1.29 is 24.0 Å². The molecule has 5 rings (SSSR count). The van der Waals surface area contributed by atoms with Crippen LogP contribution in [0, 0.1) is 0 Å². The van der Waals surface area contributed by atoms with Crippen LogP contribution in [0.3, 0.4) is 0 Å². The van der Waals surface area contributed by atoms with Crippen LogP contribution in [-0.2, 0) is 29.5 Å². The third-order valence-electron chi connectivity index (χ3n) is 9.88. The Hall–Kier alpha value is -4.81. The average molecular weight is 754 g/mol. The van der Waals surface area contributed by atoms with E-state index in [0.717, 1.165) is 16.7 Å². The standard InChI is InChI=1S/C41H51N5O5SSi/c1-38(2,3)50-36(49)40(7,8)51-45-33(34(47)42-31-26-46(35(31)48)53(9,10)39(4,5)6)32-27-52-37(43-32)44-41(28-20-14-11-15-21-28,29-22-16-12-17-23-29)30-24-18-13-19-25-30/h11-25,27,31H,26H2,1-10H3,(H,42,47)(H,43,44). The number of hydrogen-bond acceptors (Lipinski definition) is 9. The number of ether oxygens (including phenoxy) is 1. The smallest absolute Gasteiger partial charge is 0.353 e. The number of anilines is 1. The molecule has 1 aromatic heterocycles. The number of rotatable bonds is 12. The highest BCUT2D eigenvalue weighted by molar-refractivity contribution is 7.14. The maximum atomic E-state index is 14.1. The van der Waals surface area contributed by atoms with Crippen molar-refractivity contribution in [3.05, 3.63) is 119 Å². The van der Waals surface area contributed by atoms with Gasteiger partial charge in [-0.2, -0.15) is 0 Å². The van der Waals surface area contributed by atoms with Crippen molar-refractivity contribution >= 4 is 48.2 Å². The molecule has 0 radical (unpaired) electrons. The summed E-state index contributed by atoms with van der Waals surface area (Å²) in [5.74, 6) is -1.42. The van der Waals surface area contributed by atoms with Gasteiger partial charge < -0.3 is 24.8 Å². The van der Waals surface area contributed by atoms with Crippen LogP contribution in [0.1, 0.15) is 77.8 Å². The number of amides is 2. The van der Waals surface area contributed by atoms with Gasteiger partial charge >= 0.3 is 5.97 Å². The fourth-order valence-corrected chi connectivity index (χ4v) is 8.76. The lowest BCUT2D eigenvalue weighted by Gasteiger charge is -2.53. The van der Waals surface area contributed by atoms with Gasteiger partial charge in [0.15, 0.2) is 19.1 Å². The van der Waals surface area contributed by atoms with E-state index in [9.17, 15) is 14.4 Å². The molecule has 1 unspecified atom stereocenters. The molecule has 53 heavy (non-hydrogen) atoms. The zero-order valence-corrected chi connectivity index (χ0v) is 34.1. The molecular formula is C41H51N5O5SSi. The first-order valence-electron chi connectivity index (χ1n) is 17.8. The minimum Gasteiger partial charge on any atom is -0.457 e. The molecule has 0 aliphatic carbocycles. The first-order valence-corrected chi connectivity index (χ1v) is 21.6. The number of aromatic nitrogens is 1. The maximum absolute atomic E-state index is 14.1. The predicted octanol–water partition coefficient (Wildman–Crippen LogP) is 7.72. The molecule has 12 heteroatoms. The highest BCUT2D eigenvalue weighted by atomic mass is 32.1. The molecule has 2 amide bonds. The van der Waals surface area contributed by atoms with Gasteiger partial charge in [0.25, 0.3) is 5.91 Å². The normalized spacial score (nSPS) is 15.7. The van der Waals surface area contributed by atoms with Crippen molar-refractivity contribution in [1.82, 2.24) is 14.9 Å². The summed E-state index contributed by atoms with van der Waals surface area (Å²) in [5.41, 5.74) is -0.168. The number of thiazole rings is 1. The Morgan fingerprint density at radius 1 is 0.830 bits per heavy atom. The van der Waals surface area contributed by atoms with Gasteiger partial charge in [0.1, 0.15) is 22.9 Å². The van der Waals surface area contributed by atoms with Gasteiger partial charge in [-0.3, -0.25) is 9.59 Å². The summed E-state index contributed by atoms with van der Waals surface area (Å²) >= 11 is 1.30. The van der Waals surface area contributed by atoms with Gasteiger partial charge in [-0.15, -0.1) is 11.3 Å². The molecular weight excluding hydrogens is 703 g/mol. The van der Waals surface area contributed by atoms with E-state index in [2.05, 4.69) is 86.1 Å². The third kappa shape index (κ3) is 8.39. The molecule has 10 nitrogen and oxygen atoms in total. The monoisotopic (exact) mass is 753 g/mol. The molecule has 1 aliphatic heterocycles. The molecule has 4 aromatic rings. The van der Waals surface area contributed by atoms with Crippen LogP contribution < -0.4 is 10.6 Å². The highest BCUT2D eigenvalue weighted by Crippen LogP contribution is 2.42. The second-order valence-electron chi connectivity index (χ2n) is 16.3. The molecule has 1 saturated heterocycles. The molecule has 280 valence electrons. The Labute approximate surface area is 318 Å². The summed E-state index contributed by atoms with van der Waals surface area (Å²) in [6.07, 6.45) is 0. The number of esters is 1. The molecule has 1 fully saturated rings. The summed E-state index contributed by atoms with van der Waals surface area (Å²) in [7, 11) is -2.14. The summed E-state index contributed by atoms with van der Waals surface area (Å²) in [6.45, 7) is 19.5. The number of oxime groups is 1. The first kappa shape index (κ1) is 39.4. The topological polar surface area (TPSA) is 122 Å². The fourth-order valence-electron chi connectivity index (χ4n) is 5.85. The van der Waals surface area contributed by atoms with Crippen molar-refractivity contribution in [3.63, 3.8) is 0 Å². The Bertz CT molecular complexity index is 1850. The predicted molar refractivity (Wildman–Crippen MR) is 213 cm³/mol. The van der Waals surface area contributed by atoms with Crippen LogP contribution >= 0.6 is 11.3 Å². The van der Waals surface area contributed by atoms with Crippen molar-refractivity contribution in [3.8, 4) is 0 Å². The van der Waals surface area contributed by atoms with Crippen LogP contribution in [0.15, 0.2) is 102 Å². The average Bonchev–Trinajstić information content (AvgIpc) is 3.56. The lowest BCUT2D eigenvalue weighted by atomic mass is 9.77. The lowest BCUT2D eigenvalue weighted by molar-refractivity contribution is -0.179. The summed E-state index contributed by atoms with van der Waals surface area (Å²) in [4.78, 5) is 51.2. The van der Waals surface area contributed by atoms with E-state index in [4.69, 9.17) is 14.6 Å². The number of carbonyl (C=O) groups is 3. The molecule has 0 bridgehead atoms. The largest absolute Gasteiger partial charge is 0.457 e. The van der Waals surface area contributed by atoms with Gasteiger partial charge in [-0.25, -0.2) is 9.78 Å². The van der Waals surface area contributed by atoms with Crippen molar-refractivity contribution in [2.24, 2.45) is 5.16 Å². The van der Waals surface area contributed by atoms with E-state index in [1.165, 1.54) is 25.2 Å². The van der Waals surface area contributed by atoms with E-state index in [0.29, 0.717) is 11.7 Å². The lowest BCUT2D eigenvalue weighted by Crippen LogP contribution is -2.73. The maximum Gasteiger partial charge on any atom is 0.353 e. The number of β-lactam (4-membered cyclic amide) rings is 1. The first-order chi connectivity index (χ1) is 24.8. The molecule has 1 atom stereocenters. The number of hydrogen-bond donors (Lipinski definition) is 2.